The van der Waals surface area contributed by atoms with Crippen LogP contribution in [0.5, 0.6) is 5.75 Å². The van der Waals surface area contributed by atoms with E-state index in [1.807, 2.05) is 0 Å². The molecule has 1 aromatic rings. The van der Waals surface area contributed by atoms with Crippen LogP contribution < -0.4 is 4.89 Å². The first-order chi connectivity index (χ1) is 5.24. The number of rotatable bonds is 2. The second-order valence-corrected chi connectivity index (χ2v) is 2.70. The van der Waals surface area contributed by atoms with Crippen molar-refractivity contribution in [1.29, 1.82) is 0 Å². The monoisotopic (exact) mass is 153 g/mol. The second kappa shape index (κ2) is 3.34. The molecule has 11 heavy (non-hydrogen) atoms. The topological polar surface area (TPSA) is 42.4 Å². The molecule has 0 fully saturated rings. The highest BCUT2D eigenvalue weighted by atomic mass is 17.1. The molecule has 1 aromatic heterocycles. The highest BCUT2D eigenvalue weighted by Gasteiger charge is 2.00. The molecule has 0 bridgehead atoms. The lowest BCUT2D eigenvalue weighted by atomic mass is 10.1. The molecule has 60 valence electrons. The predicted octanol–water partition coefficient (Wildman–Crippen LogP) is 2.06. The summed E-state index contributed by atoms with van der Waals surface area (Å²) >= 11 is 0. The molecule has 0 saturated carbocycles. The maximum atomic E-state index is 8.30. The summed E-state index contributed by atoms with van der Waals surface area (Å²) in [6, 6.07) is 1.76. The summed E-state index contributed by atoms with van der Waals surface area (Å²) in [6.45, 7) is 4.11. The zero-order valence-electron chi connectivity index (χ0n) is 6.61. The average molecular weight is 153 g/mol. The van der Waals surface area contributed by atoms with Crippen molar-refractivity contribution in [2.24, 2.45) is 0 Å². The third-order valence-electron chi connectivity index (χ3n) is 1.51. The van der Waals surface area contributed by atoms with Crippen molar-refractivity contribution in [3.63, 3.8) is 0 Å². The molecule has 0 aromatic carbocycles. The van der Waals surface area contributed by atoms with Gasteiger partial charge in [-0.25, -0.2) is 5.26 Å². The van der Waals surface area contributed by atoms with E-state index in [1.165, 1.54) is 6.20 Å². The Labute approximate surface area is 65.6 Å². The first-order valence-electron chi connectivity index (χ1n) is 3.50. The van der Waals surface area contributed by atoms with Crippen molar-refractivity contribution >= 4 is 0 Å². The van der Waals surface area contributed by atoms with Gasteiger partial charge in [0.25, 0.3) is 0 Å². The van der Waals surface area contributed by atoms with Crippen LogP contribution >= 0.6 is 0 Å². The Kier molecular flexibility index (Phi) is 2.44. The van der Waals surface area contributed by atoms with E-state index in [0.29, 0.717) is 11.7 Å². The van der Waals surface area contributed by atoms with Gasteiger partial charge < -0.3 is 4.89 Å². The molecule has 1 heterocycles. The molecule has 0 amide bonds. The van der Waals surface area contributed by atoms with Crippen LogP contribution in [0.3, 0.4) is 0 Å². The van der Waals surface area contributed by atoms with Crippen LogP contribution in [0.25, 0.3) is 0 Å². The molecular formula is C8H11NO2. The summed E-state index contributed by atoms with van der Waals surface area (Å²) in [5.41, 5.74) is 1.05. The third-order valence-corrected chi connectivity index (χ3v) is 1.51. The minimum absolute atomic E-state index is 0.385. The minimum atomic E-state index is 0.385. The lowest BCUT2D eigenvalue weighted by Crippen LogP contribution is -1.91. The van der Waals surface area contributed by atoms with Crippen LogP contribution in [0.2, 0.25) is 0 Å². The van der Waals surface area contributed by atoms with E-state index in [1.54, 1.807) is 12.3 Å². The predicted molar refractivity (Wildman–Crippen MR) is 41.6 cm³/mol. The SMILES string of the molecule is CC(C)c1cncc(OO)c1. The zero-order chi connectivity index (χ0) is 8.27. The van der Waals surface area contributed by atoms with E-state index >= 15 is 0 Å². The fourth-order valence-electron chi connectivity index (χ4n) is 0.801. The smallest absolute Gasteiger partial charge is 0.183 e. The molecule has 3 heteroatoms. The summed E-state index contributed by atoms with van der Waals surface area (Å²) in [5.74, 6) is 0.786. The number of hydrogen-bond acceptors (Lipinski definition) is 3. The number of aromatic nitrogens is 1. The maximum Gasteiger partial charge on any atom is 0.183 e. The van der Waals surface area contributed by atoms with Gasteiger partial charge in [0.15, 0.2) is 5.75 Å². The summed E-state index contributed by atoms with van der Waals surface area (Å²) in [7, 11) is 0. The van der Waals surface area contributed by atoms with Crippen molar-refractivity contribution < 1.29 is 10.1 Å². The van der Waals surface area contributed by atoms with Gasteiger partial charge in [0.1, 0.15) is 0 Å². The molecule has 3 nitrogen and oxygen atoms in total. The molecule has 1 N–H and O–H groups in total. The molecule has 0 unspecified atom stereocenters. The Morgan fingerprint density at radius 1 is 1.45 bits per heavy atom. The fourth-order valence-corrected chi connectivity index (χ4v) is 0.801. The molecule has 0 aliphatic rings. The highest BCUT2D eigenvalue weighted by Crippen LogP contribution is 2.17. The van der Waals surface area contributed by atoms with E-state index in [9.17, 15) is 0 Å². The van der Waals surface area contributed by atoms with Crippen LogP contribution in [-0.4, -0.2) is 10.2 Å². The normalized spacial score (nSPS) is 10.2. The van der Waals surface area contributed by atoms with Crippen LogP contribution in [0, 0.1) is 0 Å². The molecule has 0 atom stereocenters. The average Bonchev–Trinajstić information content (AvgIpc) is 2.05. The van der Waals surface area contributed by atoms with Gasteiger partial charge in [-0.2, -0.15) is 0 Å². The molecule has 0 aliphatic carbocycles. The Balaban J connectivity index is 2.91. The Bertz CT molecular complexity index is 235. The van der Waals surface area contributed by atoms with Crippen LogP contribution in [0.4, 0.5) is 0 Å². The van der Waals surface area contributed by atoms with Crippen LogP contribution in [0.1, 0.15) is 25.3 Å². The Hall–Kier alpha value is -1.09. The van der Waals surface area contributed by atoms with Crippen LogP contribution in [-0.2, 0) is 0 Å². The lowest BCUT2D eigenvalue weighted by Gasteiger charge is -2.04. The highest BCUT2D eigenvalue weighted by molar-refractivity contribution is 5.24. The number of nitrogens with zero attached hydrogens (tertiary/aromatic N) is 1. The largest absolute Gasteiger partial charge is 0.339 e. The van der Waals surface area contributed by atoms with Gasteiger partial charge in [-0.3, -0.25) is 4.98 Å². The van der Waals surface area contributed by atoms with E-state index in [4.69, 9.17) is 5.26 Å². The number of hydrogen-bond donors (Lipinski definition) is 1. The quantitative estimate of drug-likeness (QED) is 0.522. The summed E-state index contributed by atoms with van der Waals surface area (Å²) in [5, 5.41) is 8.30. The first kappa shape index (κ1) is 8.01. The van der Waals surface area contributed by atoms with Gasteiger partial charge in [0.05, 0.1) is 6.20 Å². The Morgan fingerprint density at radius 3 is 2.73 bits per heavy atom. The van der Waals surface area contributed by atoms with E-state index in [2.05, 4.69) is 23.7 Å². The van der Waals surface area contributed by atoms with Crippen molar-refractivity contribution in [2.45, 2.75) is 19.8 Å². The zero-order valence-corrected chi connectivity index (χ0v) is 6.61. The molecule has 0 radical (unpaired) electrons. The standard InChI is InChI=1S/C8H11NO2/c1-6(2)7-3-8(11-10)5-9-4-7/h3-6,10H,1-2H3. The summed E-state index contributed by atoms with van der Waals surface area (Å²) in [6.07, 6.45) is 3.22. The summed E-state index contributed by atoms with van der Waals surface area (Å²) < 4.78 is 0. The first-order valence-corrected chi connectivity index (χ1v) is 3.50. The second-order valence-electron chi connectivity index (χ2n) is 2.70. The van der Waals surface area contributed by atoms with Crippen molar-refractivity contribution in [3.05, 3.63) is 24.0 Å². The number of pyridine rings is 1. The van der Waals surface area contributed by atoms with Crippen molar-refractivity contribution in [3.8, 4) is 5.75 Å². The van der Waals surface area contributed by atoms with Crippen molar-refractivity contribution in [2.75, 3.05) is 0 Å². The third kappa shape index (κ3) is 1.91. The summed E-state index contributed by atoms with van der Waals surface area (Å²) in [4.78, 5) is 7.93. The lowest BCUT2D eigenvalue weighted by molar-refractivity contribution is -0.137. The van der Waals surface area contributed by atoms with Gasteiger partial charge in [-0.1, -0.05) is 13.8 Å². The van der Waals surface area contributed by atoms with E-state index < -0.39 is 0 Å². The maximum absolute atomic E-state index is 8.30. The molecule has 0 aliphatic heterocycles. The van der Waals surface area contributed by atoms with Gasteiger partial charge >= 0.3 is 0 Å². The fraction of sp³-hybridized carbons (Fsp3) is 0.375. The molecular weight excluding hydrogens is 142 g/mol. The minimum Gasteiger partial charge on any atom is -0.339 e. The van der Waals surface area contributed by atoms with E-state index in [0.717, 1.165) is 5.56 Å². The van der Waals surface area contributed by atoms with E-state index in [-0.39, 0.29) is 0 Å². The van der Waals surface area contributed by atoms with Gasteiger partial charge in [0, 0.05) is 6.20 Å². The van der Waals surface area contributed by atoms with Crippen LogP contribution in [0.15, 0.2) is 18.5 Å². The Morgan fingerprint density at radius 2 is 2.18 bits per heavy atom. The van der Waals surface area contributed by atoms with Gasteiger partial charge in [-0.15, -0.1) is 0 Å². The molecule has 0 spiro atoms. The van der Waals surface area contributed by atoms with Gasteiger partial charge in [0.2, 0.25) is 0 Å². The van der Waals surface area contributed by atoms with Crippen molar-refractivity contribution in [1.82, 2.24) is 4.98 Å². The molecule has 1 rings (SSSR count). The molecule has 0 saturated heterocycles. The van der Waals surface area contributed by atoms with Gasteiger partial charge in [-0.05, 0) is 17.5 Å².